The Bertz CT molecular complexity index is 944. The number of nitrogens with one attached hydrogen (secondary N) is 1. The molecule has 1 aliphatic rings. The number of rotatable bonds is 8. The molecule has 1 heterocycles. The Labute approximate surface area is 173 Å². The van der Waals surface area contributed by atoms with Crippen LogP contribution < -0.4 is 19.7 Å². The Kier molecular flexibility index (Phi) is 6.51. The summed E-state index contributed by atoms with van der Waals surface area (Å²) in [5.41, 5.74) is 1.17. The molecule has 0 aliphatic carbocycles. The van der Waals surface area contributed by atoms with E-state index in [0.29, 0.717) is 5.75 Å². The fourth-order valence-corrected chi connectivity index (χ4v) is 3.19. The van der Waals surface area contributed by atoms with Gasteiger partial charge in [-0.25, -0.2) is 0 Å². The van der Waals surface area contributed by atoms with Crippen LogP contribution in [0.1, 0.15) is 18.9 Å². The minimum Gasteiger partial charge on any atom is -0.497 e. The molecule has 1 N–H and O–H groups in total. The Morgan fingerprint density at radius 3 is 2.70 bits per heavy atom. The SMILES string of the molecule is COc1ccc(CCC(C)NC(=O)CN2C(=O)COc3ccc([N+](=O)[O-])cc32)cc1. The van der Waals surface area contributed by atoms with Gasteiger partial charge in [-0.05, 0) is 43.5 Å². The van der Waals surface area contributed by atoms with Crippen molar-refractivity contribution < 1.29 is 24.0 Å². The summed E-state index contributed by atoms with van der Waals surface area (Å²) in [5, 5.41) is 13.9. The zero-order chi connectivity index (χ0) is 21.7. The topological polar surface area (TPSA) is 111 Å². The van der Waals surface area contributed by atoms with Gasteiger partial charge in [-0.15, -0.1) is 0 Å². The average molecular weight is 413 g/mol. The summed E-state index contributed by atoms with van der Waals surface area (Å²) >= 11 is 0. The van der Waals surface area contributed by atoms with Gasteiger partial charge in [-0.2, -0.15) is 0 Å². The van der Waals surface area contributed by atoms with Crippen molar-refractivity contribution in [1.29, 1.82) is 0 Å². The number of nitro benzene ring substituents is 1. The van der Waals surface area contributed by atoms with Gasteiger partial charge in [0.2, 0.25) is 5.91 Å². The summed E-state index contributed by atoms with van der Waals surface area (Å²) in [5.74, 6) is 0.352. The van der Waals surface area contributed by atoms with E-state index in [1.165, 1.54) is 23.1 Å². The zero-order valence-corrected chi connectivity index (χ0v) is 16.8. The first kappa shape index (κ1) is 21.1. The van der Waals surface area contributed by atoms with E-state index in [1.54, 1.807) is 7.11 Å². The average Bonchev–Trinajstić information content (AvgIpc) is 2.74. The van der Waals surface area contributed by atoms with Gasteiger partial charge in [0.15, 0.2) is 6.61 Å². The van der Waals surface area contributed by atoms with Crippen LogP contribution in [0.2, 0.25) is 0 Å². The van der Waals surface area contributed by atoms with E-state index in [-0.39, 0.29) is 36.5 Å². The summed E-state index contributed by atoms with van der Waals surface area (Å²) < 4.78 is 10.5. The summed E-state index contributed by atoms with van der Waals surface area (Å²) in [6.45, 7) is 1.44. The zero-order valence-electron chi connectivity index (χ0n) is 16.8. The molecule has 9 nitrogen and oxygen atoms in total. The van der Waals surface area contributed by atoms with Crippen molar-refractivity contribution in [2.24, 2.45) is 0 Å². The number of carbonyl (C=O) groups is 2. The van der Waals surface area contributed by atoms with Gasteiger partial charge in [0.1, 0.15) is 18.0 Å². The largest absolute Gasteiger partial charge is 0.497 e. The van der Waals surface area contributed by atoms with Crippen LogP contribution in [0.5, 0.6) is 11.5 Å². The monoisotopic (exact) mass is 413 g/mol. The van der Waals surface area contributed by atoms with Crippen molar-refractivity contribution in [3.05, 3.63) is 58.1 Å². The van der Waals surface area contributed by atoms with Crippen LogP contribution in [0, 0.1) is 10.1 Å². The number of nitro groups is 1. The molecule has 3 rings (SSSR count). The highest BCUT2D eigenvalue weighted by atomic mass is 16.6. The van der Waals surface area contributed by atoms with Crippen LogP contribution >= 0.6 is 0 Å². The van der Waals surface area contributed by atoms with Crippen LogP contribution in [-0.2, 0) is 16.0 Å². The van der Waals surface area contributed by atoms with Gasteiger partial charge in [0.05, 0.1) is 17.7 Å². The Hall–Kier alpha value is -3.62. The molecular weight excluding hydrogens is 390 g/mol. The Morgan fingerprint density at radius 1 is 1.30 bits per heavy atom. The first-order valence-corrected chi connectivity index (χ1v) is 9.51. The van der Waals surface area contributed by atoms with Crippen molar-refractivity contribution in [3.8, 4) is 11.5 Å². The highest BCUT2D eigenvalue weighted by Gasteiger charge is 2.29. The molecule has 0 saturated carbocycles. The number of ether oxygens (including phenoxy) is 2. The number of amides is 2. The molecule has 0 aromatic heterocycles. The number of methoxy groups -OCH3 is 1. The van der Waals surface area contributed by atoms with Gasteiger partial charge >= 0.3 is 0 Å². The number of hydrogen-bond acceptors (Lipinski definition) is 6. The quantitative estimate of drug-likeness (QED) is 0.526. The molecule has 0 radical (unpaired) electrons. The standard InChI is InChI=1S/C21H23N3O6/c1-14(3-4-15-5-8-17(29-2)9-6-15)22-20(25)12-23-18-11-16(24(27)28)7-10-19(18)30-13-21(23)26/h5-11,14H,3-4,12-13H2,1-2H3,(H,22,25). The normalized spacial score (nSPS) is 13.8. The van der Waals surface area contributed by atoms with E-state index in [1.807, 2.05) is 31.2 Å². The van der Waals surface area contributed by atoms with E-state index in [0.717, 1.165) is 24.2 Å². The van der Waals surface area contributed by atoms with Crippen LogP contribution in [0.15, 0.2) is 42.5 Å². The predicted octanol–water partition coefficient (Wildman–Crippen LogP) is 2.47. The number of non-ortho nitro benzene ring substituents is 1. The second-order valence-corrected chi connectivity index (χ2v) is 7.03. The smallest absolute Gasteiger partial charge is 0.271 e. The van der Waals surface area contributed by atoms with Gasteiger partial charge in [-0.1, -0.05) is 12.1 Å². The molecule has 2 amide bonds. The molecule has 0 bridgehead atoms. The summed E-state index contributed by atoms with van der Waals surface area (Å²) in [4.78, 5) is 36.5. The minimum atomic E-state index is -0.557. The lowest BCUT2D eigenvalue weighted by Gasteiger charge is -2.29. The fraction of sp³-hybridized carbons (Fsp3) is 0.333. The molecule has 9 heteroatoms. The molecule has 0 fully saturated rings. The number of anilines is 1. The Morgan fingerprint density at radius 2 is 2.03 bits per heavy atom. The molecule has 2 aromatic rings. The van der Waals surface area contributed by atoms with E-state index < -0.39 is 10.8 Å². The molecule has 30 heavy (non-hydrogen) atoms. The molecule has 0 saturated heterocycles. The van der Waals surface area contributed by atoms with Crippen LogP contribution in [0.3, 0.4) is 0 Å². The van der Waals surface area contributed by atoms with Crippen molar-refractivity contribution >= 4 is 23.2 Å². The summed E-state index contributed by atoms with van der Waals surface area (Å²) in [7, 11) is 1.61. The highest BCUT2D eigenvalue weighted by molar-refractivity contribution is 6.02. The van der Waals surface area contributed by atoms with Crippen molar-refractivity contribution in [1.82, 2.24) is 5.32 Å². The van der Waals surface area contributed by atoms with Crippen LogP contribution in [0.25, 0.3) is 0 Å². The maximum atomic E-state index is 12.5. The van der Waals surface area contributed by atoms with E-state index in [4.69, 9.17) is 9.47 Å². The lowest BCUT2D eigenvalue weighted by atomic mass is 10.1. The third-order valence-electron chi connectivity index (χ3n) is 4.83. The summed E-state index contributed by atoms with van der Waals surface area (Å²) in [6.07, 6.45) is 1.49. The molecule has 1 aliphatic heterocycles. The maximum absolute atomic E-state index is 12.5. The van der Waals surface area contributed by atoms with Gasteiger partial charge in [-0.3, -0.25) is 24.6 Å². The first-order valence-electron chi connectivity index (χ1n) is 9.51. The molecule has 1 unspecified atom stereocenters. The lowest BCUT2D eigenvalue weighted by molar-refractivity contribution is -0.384. The second kappa shape index (κ2) is 9.25. The van der Waals surface area contributed by atoms with Crippen LogP contribution in [-0.4, -0.2) is 43.0 Å². The number of hydrogen-bond donors (Lipinski definition) is 1. The first-order chi connectivity index (χ1) is 14.4. The van der Waals surface area contributed by atoms with E-state index in [2.05, 4.69) is 5.32 Å². The number of benzene rings is 2. The van der Waals surface area contributed by atoms with Gasteiger partial charge < -0.3 is 14.8 Å². The number of aryl methyl sites for hydroxylation is 1. The fourth-order valence-electron chi connectivity index (χ4n) is 3.19. The molecule has 1 atom stereocenters. The van der Waals surface area contributed by atoms with Crippen molar-refractivity contribution in [3.63, 3.8) is 0 Å². The number of nitrogens with zero attached hydrogens (tertiary/aromatic N) is 2. The van der Waals surface area contributed by atoms with Gasteiger partial charge in [0, 0.05) is 18.2 Å². The molecule has 2 aromatic carbocycles. The highest BCUT2D eigenvalue weighted by Crippen LogP contribution is 2.35. The number of fused-ring (bicyclic) bond motifs is 1. The lowest BCUT2D eigenvalue weighted by Crippen LogP contribution is -2.46. The van der Waals surface area contributed by atoms with Crippen molar-refractivity contribution in [2.45, 2.75) is 25.8 Å². The van der Waals surface area contributed by atoms with Gasteiger partial charge in [0.25, 0.3) is 11.6 Å². The van der Waals surface area contributed by atoms with Crippen molar-refractivity contribution in [2.75, 3.05) is 25.2 Å². The number of carbonyl (C=O) groups excluding carboxylic acids is 2. The molecule has 158 valence electrons. The molecular formula is C21H23N3O6. The van der Waals surface area contributed by atoms with E-state index >= 15 is 0 Å². The summed E-state index contributed by atoms with van der Waals surface area (Å²) in [6, 6.07) is 11.6. The minimum absolute atomic E-state index is 0.111. The van der Waals surface area contributed by atoms with Crippen LogP contribution in [0.4, 0.5) is 11.4 Å². The predicted molar refractivity (Wildman–Crippen MR) is 110 cm³/mol. The molecule has 0 spiro atoms. The third kappa shape index (κ3) is 5.05. The van der Waals surface area contributed by atoms with E-state index in [9.17, 15) is 19.7 Å². The Balaban J connectivity index is 1.59. The third-order valence-corrected chi connectivity index (χ3v) is 4.83. The maximum Gasteiger partial charge on any atom is 0.271 e. The second-order valence-electron chi connectivity index (χ2n) is 7.03.